The van der Waals surface area contributed by atoms with E-state index in [0.717, 1.165) is 31.5 Å². The SMILES string of the molecule is CN(Cc1nccn1Cc1ccccc1)C(=O)C1CC(=O)OC12CCCC2. The van der Waals surface area contributed by atoms with Crippen LogP contribution in [0.3, 0.4) is 0 Å². The molecule has 2 aliphatic rings. The van der Waals surface area contributed by atoms with Gasteiger partial charge in [-0.2, -0.15) is 0 Å². The second-order valence-corrected chi connectivity index (χ2v) is 7.65. The van der Waals surface area contributed by atoms with Crippen molar-refractivity contribution in [1.29, 1.82) is 0 Å². The Morgan fingerprint density at radius 3 is 2.78 bits per heavy atom. The topological polar surface area (TPSA) is 64.4 Å². The van der Waals surface area contributed by atoms with Crippen molar-refractivity contribution in [2.24, 2.45) is 5.92 Å². The van der Waals surface area contributed by atoms with Crippen LogP contribution in [-0.4, -0.2) is 39.0 Å². The molecule has 0 bridgehead atoms. The van der Waals surface area contributed by atoms with Crippen LogP contribution in [0.15, 0.2) is 42.7 Å². The van der Waals surface area contributed by atoms with Gasteiger partial charge < -0.3 is 14.2 Å². The molecule has 4 rings (SSSR count). The number of aromatic nitrogens is 2. The predicted molar refractivity (Wildman–Crippen MR) is 99.6 cm³/mol. The molecule has 1 atom stereocenters. The molecule has 2 aromatic rings. The number of ether oxygens (including phenoxy) is 1. The van der Waals surface area contributed by atoms with Gasteiger partial charge in [0.2, 0.25) is 5.91 Å². The highest BCUT2D eigenvalue weighted by atomic mass is 16.6. The average molecular weight is 367 g/mol. The van der Waals surface area contributed by atoms with E-state index in [4.69, 9.17) is 4.74 Å². The number of hydrogen-bond acceptors (Lipinski definition) is 4. The van der Waals surface area contributed by atoms with Crippen LogP contribution in [0.5, 0.6) is 0 Å². The standard InChI is InChI=1S/C21H25N3O3/c1-23(20(26)17-13-19(25)27-21(17)9-5-6-10-21)15-18-22-11-12-24(18)14-16-7-3-2-4-8-16/h2-4,7-8,11-12,17H,5-6,9-10,13-15H2,1H3. The van der Waals surface area contributed by atoms with Crippen molar-refractivity contribution in [2.75, 3.05) is 7.05 Å². The first kappa shape index (κ1) is 17.8. The summed E-state index contributed by atoms with van der Waals surface area (Å²) in [7, 11) is 1.79. The van der Waals surface area contributed by atoms with E-state index < -0.39 is 5.60 Å². The second-order valence-electron chi connectivity index (χ2n) is 7.65. The Kier molecular flexibility index (Phi) is 4.72. The number of carbonyl (C=O) groups is 2. The van der Waals surface area contributed by atoms with Crippen molar-refractivity contribution in [3.05, 3.63) is 54.1 Å². The summed E-state index contributed by atoms with van der Waals surface area (Å²) in [5.41, 5.74) is 0.618. The Labute approximate surface area is 159 Å². The number of amides is 1. The molecule has 1 aliphatic heterocycles. The van der Waals surface area contributed by atoms with Crippen LogP contribution < -0.4 is 0 Å². The Morgan fingerprint density at radius 2 is 2.04 bits per heavy atom. The first-order valence-electron chi connectivity index (χ1n) is 9.58. The van der Waals surface area contributed by atoms with Crippen LogP contribution >= 0.6 is 0 Å². The molecule has 6 heteroatoms. The fourth-order valence-corrected chi connectivity index (χ4v) is 4.40. The first-order chi connectivity index (χ1) is 13.1. The van der Waals surface area contributed by atoms with E-state index in [9.17, 15) is 9.59 Å². The molecule has 1 aliphatic carbocycles. The van der Waals surface area contributed by atoms with Crippen molar-refractivity contribution in [2.45, 2.75) is 50.8 Å². The normalized spacial score (nSPS) is 20.8. The molecule has 1 saturated heterocycles. The highest BCUT2D eigenvalue weighted by molar-refractivity contribution is 5.87. The zero-order valence-corrected chi connectivity index (χ0v) is 15.6. The highest BCUT2D eigenvalue weighted by Gasteiger charge is 2.54. The van der Waals surface area contributed by atoms with Crippen LogP contribution in [0.1, 0.15) is 43.5 Å². The van der Waals surface area contributed by atoms with Crippen LogP contribution in [0.25, 0.3) is 0 Å². The third-order valence-corrected chi connectivity index (χ3v) is 5.82. The van der Waals surface area contributed by atoms with Crippen LogP contribution in [-0.2, 0) is 27.4 Å². The van der Waals surface area contributed by atoms with Gasteiger partial charge in [-0.25, -0.2) is 4.98 Å². The molecule has 1 aromatic carbocycles. The highest BCUT2D eigenvalue weighted by Crippen LogP contribution is 2.46. The van der Waals surface area contributed by atoms with Crippen molar-refractivity contribution >= 4 is 11.9 Å². The minimum absolute atomic E-state index is 0.0167. The van der Waals surface area contributed by atoms with E-state index in [0.29, 0.717) is 13.1 Å². The van der Waals surface area contributed by atoms with Gasteiger partial charge >= 0.3 is 5.97 Å². The van der Waals surface area contributed by atoms with Crippen molar-refractivity contribution in [1.82, 2.24) is 14.5 Å². The molecule has 1 spiro atoms. The number of carbonyl (C=O) groups excluding carboxylic acids is 2. The molecule has 0 radical (unpaired) electrons. The number of hydrogen-bond donors (Lipinski definition) is 0. The number of rotatable bonds is 5. The van der Waals surface area contributed by atoms with Gasteiger partial charge in [0.05, 0.1) is 18.9 Å². The molecule has 142 valence electrons. The monoisotopic (exact) mass is 367 g/mol. The second kappa shape index (κ2) is 7.18. The molecule has 0 N–H and O–H groups in total. The summed E-state index contributed by atoms with van der Waals surface area (Å²) < 4.78 is 7.68. The molecule has 2 fully saturated rings. The summed E-state index contributed by atoms with van der Waals surface area (Å²) >= 11 is 0. The zero-order chi connectivity index (χ0) is 18.9. The lowest BCUT2D eigenvalue weighted by atomic mass is 9.84. The fourth-order valence-electron chi connectivity index (χ4n) is 4.40. The average Bonchev–Trinajstić information content (AvgIpc) is 3.38. The molecular formula is C21H25N3O3. The summed E-state index contributed by atoms with van der Waals surface area (Å²) in [6.07, 6.45) is 7.52. The van der Waals surface area contributed by atoms with E-state index in [1.807, 2.05) is 24.4 Å². The third-order valence-electron chi connectivity index (χ3n) is 5.82. The molecular weight excluding hydrogens is 342 g/mol. The summed E-state index contributed by atoms with van der Waals surface area (Å²) in [5.74, 6) is 0.210. The zero-order valence-electron chi connectivity index (χ0n) is 15.6. The molecule has 1 amide bonds. The number of nitrogens with zero attached hydrogens (tertiary/aromatic N) is 3. The van der Waals surface area contributed by atoms with Crippen molar-refractivity contribution in [3.63, 3.8) is 0 Å². The summed E-state index contributed by atoms with van der Waals surface area (Å²) in [6.45, 7) is 1.13. The Morgan fingerprint density at radius 1 is 1.30 bits per heavy atom. The maximum absolute atomic E-state index is 13.1. The minimum Gasteiger partial charge on any atom is -0.458 e. The fraction of sp³-hybridized carbons (Fsp3) is 0.476. The lowest BCUT2D eigenvalue weighted by molar-refractivity contribution is -0.151. The largest absolute Gasteiger partial charge is 0.458 e. The maximum Gasteiger partial charge on any atom is 0.307 e. The van der Waals surface area contributed by atoms with Gasteiger partial charge in [-0.05, 0) is 31.2 Å². The van der Waals surface area contributed by atoms with Gasteiger partial charge in [-0.1, -0.05) is 30.3 Å². The molecule has 6 nitrogen and oxygen atoms in total. The predicted octanol–water partition coefficient (Wildman–Crippen LogP) is 2.77. The van der Waals surface area contributed by atoms with E-state index in [2.05, 4.69) is 21.7 Å². The summed E-state index contributed by atoms with van der Waals surface area (Å²) in [5, 5.41) is 0. The molecule has 1 aromatic heterocycles. The van der Waals surface area contributed by atoms with Gasteiger partial charge in [0.15, 0.2) is 0 Å². The Hall–Kier alpha value is -2.63. The van der Waals surface area contributed by atoms with Gasteiger partial charge in [-0.15, -0.1) is 0 Å². The number of benzene rings is 1. The van der Waals surface area contributed by atoms with Gasteiger partial charge in [0.25, 0.3) is 0 Å². The van der Waals surface area contributed by atoms with Crippen LogP contribution in [0.4, 0.5) is 0 Å². The third kappa shape index (κ3) is 3.48. The van der Waals surface area contributed by atoms with E-state index in [-0.39, 0.29) is 24.2 Å². The minimum atomic E-state index is -0.568. The van der Waals surface area contributed by atoms with E-state index in [1.54, 1.807) is 18.1 Å². The van der Waals surface area contributed by atoms with Crippen molar-refractivity contribution < 1.29 is 14.3 Å². The van der Waals surface area contributed by atoms with E-state index in [1.165, 1.54) is 5.56 Å². The quantitative estimate of drug-likeness (QED) is 0.763. The number of imidazole rings is 1. The molecule has 1 unspecified atom stereocenters. The smallest absolute Gasteiger partial charge is 0.307 e. The van der Waals surface area contributed by atoms with Gasteiger partial charge in [0, 0.05) is 26.0 Å². The molecule has 2 heterocycles. The first-order valence-corrected chi connectivity index (χ1v) is 9.58. The lowest BCUT2D eigenvalue weighted by Crippen LogP contribution is -2.43. The number of esters is 1. The van der Waals surface area contributed by atoms with Crippen LogP contribution in [0, 0.1) is 5.92 Å². The van der Waals surface area contributed by atoms with Crippen LogP contribution in [0.2, 0.25) is 0 Å². The van der Waals surface area contributed by atoms with Crippen molar-refractivity contribution in [3.8, 4) is 0 Å². The van der Waals surface area contributed by atoms with Gasteiger partial charge in [-0.3, -0.25) is 9.59 Å². The summed E-state index contributed by atoms with van der Waals surface area (Å²) in [4.78, 5) is 31.1. The molecule has 27 heavy (non-hydrogen) atoms. The maximum atomic E-state index is 13.1. The summed E-state index contributed by atoms with van der Waals surface area (Å²) in [6, 6.07) is 10.2. The Balaban J connectivity index is 1.46. The van der Waals surface area contributed by atoms with Gasteiger partial charge in [0.1, 0.15) is 11.4 Å². The Bertz CT molecular complexity index is 824. The lowest BCUT2D eigenvalue weighted by Gasteiger charge is -2.30. The molecule has 1 saturated carbocycles. The van der Waals surface area contributed by atoms with E-state index >= 15 is 0 Å².